The molecule has 0 bridgehead atoms. The third-order valence-electron chi connectivity index (χ3n) is 2.65. The van der Waals surface area contributed by atoms with Gasteiger partial charge in [-0.25, -0.2) is 0 Å². The maximum atomic E-state index is 10.9. The minimum absolute atomic E-state index is 0.894. The highest BCUT2D eigenvalue weighted by Crippen LogP contribution is 2.12. The lowest BCUT2D eigenvalue weighted by Crippen LogP contribution is -1.86. The first-order valence-electron chi connectivity index (χ1n) is 5.98. The van der Waals surface area contributed by atoms with Gasteiger partial charge in [-0.1, -0.05) is 49.6 Å². The number of rotatable bonds is 6. The molecule has 1 rings (SSSR count). The number of benzene rings is 1. The largest absolute Gasteiger partial charge is 0.298 e. The first-order chi connectivity index (χ1) is 7.76. The molecule has 1 aromatic rings. The predicted molar refractivity (Wildman–Crippen MR) is 69.4 cm³/mol. The van der Waals surface area contributed by atoms with E-state index in [0.717, 1.165) is 30.3 Å². The smallest absolute Gasteiger partial charge is 0.146 e. The predicted octanol–water partition coefficient (Wildman–Crippen LogP) is 4.16. The van der Waals surface area contributed by atoms with E-state index in [1.54, 1.807) is 0 Å². The second-order valence-corrected chi connectivity index (χ2v) is 4.20. The summed E-state index contributed by atoms with van der Waals surface area (Å²) in [5.41, 5.74) is 3.26. The number of aldehydes is 1. The second kappa shape index (κ2) is 7.00. The Hall–Kier alpha value is -1.37. The highest BCUT2D eigenvalue weighted by atomic mass is 16.1. The van der Waals surface area contributed by atoms with Crippen LogP contribution in [0.3, 0.4) is 0 Å². The SMILES string of the molecule is CCCCC/C(C=O)=C\c1ccc(C)cc1. The topological polar surface area (TPSA) is 17.1 Å². The summed E-state index contributed by atoms with van der Waals surface area (Å²) in [6.45, 7) is 4.24. The normalized spacial score (nSPS) is 11.5. The van der Waals surface area contributed by atoms with E-state index in [1.807, 2.05) is 6.08 Å². The van der Waals surface area contributed by atoms with Gasteiger partial charge in [0.05, 0.1) is 0 Å². The zero-order valence-electron chi connectivity index (χ0n) is 10.2. The molecule has 16 heavy (non-hydrogen) atoms. The van der Waals surface area contributed by atoms with E-state index in [1.165, 1.54) is 18.4 Å². The fraction of sp³-hybridized carbons (Fsp3) is 0.400. The molecule has 0 spiro atoms. The molecule has 0 saturated heterocycles. The zero-order valence-corrected chi connectivity index (χ0v) is 10.2. The highest BCUT2D eigenvalue weighted by Gasteiger charge is 1.96. The van der Waals surface area contributed by atoms with Crippen molar-refractivity contribution in [2.24, 2.45) is 0 Å². The van der Waals surface area contributed by atoms with Crippen LogP contribution in [0.15, 0.2) is 29.8 Å². The van der Waals surface area contributed by atoms with Crippen molar-refractivity contribution in [1.82, 2.24) is 0 Å². The van der Waals surface area contributed by atoms with Gasteiger partial charge in [-0.05, 0) is 37.0 Å². The minimum Gasteiger partial charge on any atom is -0.298 e. The molecule has 0 aliphatic rings. The van der Waals surface area contributed by atoms with E-state index < -0.39 is 0 Å². The quantitative estimate of drug-likeness (QED) is 0.396. The van der Waals surface area contributed by atoms with Crippen LogP contribution >= 0.6 is 0 Å². The molecule has 0 heterocycles. The van der Waals surface area contributed by atoms with Crippen molar-refractivity contribution in [1.29, 1.82) is 0 Å². The molecule has 0 amide bonds. The number of carbonyl (C=O) groups excluding carboxylic acids is 1. The standard InChI is InChI=1S/C15H20O/c1-3-4-5-6-15(12-16)11-14-9-7-13(2)8-10-14/h7-12H,3-6H2,1-2H3/b15-11+. The Labute approximate surface area is 98.2 Å². The lowest BCUT2D eigenvalue weighted by atomic mass is 10.0. The summed E-state index contributed by atoms with van der Waals surface area (Å²) >= 11 is 0. The van der Waals surface area contributed by atoms with E-state index >= 15 is 0 Å². The Morgan fingerprint density at radius 2 is 1.88 bits per heavy atom. The van der Waals surface area contributed by atoms with Crippen molar-refractivity contribution in [2.45, 2.75) is 39.5 Å². The fourth-order valence-corrected chi connectivity index (χ4v) is 1.62. The third kappa shape index (κ3) is 4.43. The Bertz CT molecular complexity index is 346. The molecular formula is C15H20O. The van der Waals surface area contributed by atoms with Crippen molar-refractivity contribution >= 4 is 12.4 Å². The van der Waals surface area contributed by atoms with Crippen LogP contribution in [0.4, 0.5) is 0 Å². The van der Waals surface area contributed by atoms with Gasteiger partial charge in [0.2, 0.25) is 0 Å². The third-order valence-corrected chi connectivity index (χ3v) is 2.65. The number of unbranched alkanes of at least 4 members (excludes halogenated alkanes) is 2. The first kappa shape index (κ1) is 12.7. The van der Waals surface area contributed by atoms with Crippen molar-refractivity contribution in [2.75, 3.05) is 0 Å². The fourth-order valence-electron chi connectivity index (χ4n) is 1.62. The number of aryl methyl sites for hydroxylation is 1. The maximum Gasteiger partial charge on any atom is 0.146 e. The maximum absolute atomic E-state index is 10.9. The van der Waals surface area contributed by atoms with Gasteiger partial charge in [-0.3, -0.25) is 4.79 Å². The summed E-state index contributed by atoms with van der Waals surface area (Å²) in [4.78, 5) is 10.9. The number of hydrogen-bond acceptors (Lipinski definition) is 1. The second-order valence-electron chi connectivity index (χ2n) is 4.20. The molecule has 1 heteroatoms. The van der Waals surface area contributed by atoms with Gasteiger partial charge in [-0.2, -0.15) is 0 Å². The molecule has 0 atom stereocenters. The zero-order chi connectivity index (χ0) is 11.8. The van der Waals surface area contributed by atoms with Crippen LogP contribution in [0.1, 0.15) is 43.7 Å². The molecule has 0 N–H and O–H groups in total. The lowest BCUT2D eigenvalue weighted by Gasteiger charge is -2.00. The molecule has 0 fully saturated rings. The van der Waals surface area contributed by atoms with E-state index in [-0.39, 0.29) is 0 Å². The molecule has 0 aliphatic heterocycles. The van der Waals surface area contributed by atoms with Gasteiger partial charge >= 0.3 is 0 Å². The molecular weight excluding hydrogens is 196 g/mol. The van der Waals surface area contributed by atoms with Crippen LogP contribution in [-0.4, -0.2) is 6.29 Å². The van der Waals surface area contributed by atoms with Crippen molar-refractivity contribution in [3.05, 3.63) is 41.0 Å². The Morgan fingerprint density at radius 1 is 1.19 bits per heavy atom. The Kier molecular flexibility index (Phi) is 5.55. The number of allylic oxidation sites excluding steroid dienone is 1. The van der Waals surface area contributed by atoms with Gasteiger partial charge in [0, 0.05) is 0 Å². The van der Waals surface area contributed by atoms with Crippen LogP contribution in [-0.2, 0) is 4.79 Å². The average Bonchev–Trinajstić information content (AvgIpc) is 2.31. The number of carbonyl (C=O) groups is 1. The van der Waals surface area contributed by atoms with Gasteiger partial charge in [0.15, 0.2) is 0 Å². The van der Waals surface area contributed by atoms with E-state index in [2.05, 4.69) is 38.1 Å². The monoisotopic (exact) mass is 216 g/mol. The molecule has 1 aromatic carbocycles. The van der Waals surface area contributed by atoms with E-state index in [0.29, 0.717) is 0 Å². The highest BCUT2D eigenvalue weighted by molar-refractivity contribution is 5.81. The molecule has 1 nitrogen and oxygen atoms in total. The summed E-state index contributed by atoms with van der Waals surface area (Å²) in [5.74, 6) is 0. The summed E-state index contributed by atoms with van der Waals surface area (Å²) in [5, 5.41) is 0. The Balaban J connectivity index is 2.64. The van der Waals surface area contributed by atoms with Crippen LogP contribution < -0.4 is 0 Å². The van der Waals surface area contributed by atoms with Crippen molar-refractivity contribution < 1.29 is 4.79 Å². The number of hydrogen-bond donors (Lipinski definition) is 0. The van der Waals surface area contributed by atoms with Crippen molar-refractivity contribution in [3.63, 3.8) is 0 Å². The average molecular weight is 216 g/mol. The van der Waals surface area contributed by atoms with Crippen LogP contribution in [0.25, 0.3) is 6.08 Å². The van der Waals surface area contributed by atoms with Crippen LogP contribution in [0.2, 0.25) is 0 Å². The molecule has 0 saturated carbocycles. The Morgan fingerprint density at radius 3 is 2.44 bits per heavy atom. The molecule has 86 valence electrons. The van der Waals surface area contributed by atoms with Gasteiger partial charge < -0.3 is 0 Å². The van der Waals surface area contributed by atoms with Gasteiger partial charge in [0.25, 0.3) is 0 Å². The summed E-state index contributed by atoms with van der Waals surface area (Å²) in [7, 11) is 0. The molecule has 0 radical (unpaired) electrons. The summed E-state index contributed by atoms with van der Waals surface area (Å²) in [6, 6.07) is 8.25. The van der Waals surface area contributed by atoms with Crippen LogP contribution in [0, 0.1) is 6.92 Å². The molecule has 0 aromatic heterocycles. The first-order valence-corrected chi connectivity index (χ1v) is 5.98. The molecule has 0 aliphatic carbocycles. The lowest BCUT2D eigenvalue weighted by molar-refractivity contribution is -0.105. The van der Waals surface area contributed by atoms with Crippen LogP contribution in [0.5, 0.6) is 0 Å². The minimum atomic E-state index is 0.894. The molecule has 0 unspecified atom stereocenters. The van der Waals surface area contributed by atoms with Crippen molar-refractivity contribution in [3.8, 4) is 0 Å². The van der Waals surface area contributed by atoms with E-state index in [4.69, 9.17) is 0 Å². The summed E-state index contributed by atoms with van der Waals surface area (Å²) in [6.07, 6.45) is 7.35. The van der Waals surface area contributed by atoms with Gasteiger partial charge in [-0.15, -0.1) is 0 Å². The van der Waals surface area contributed by atoms with Gasteiger partial charge in [0.1, 0.15) is 6.29 Å². The summed E-state index contributed by atoms with van der Waals surface area (Å²) < 4.78 is 0. The van der Waals surface area contributed by atoms with E-state index in [9.17, 15) is 4.79 Å².